The molecule has 0 aliphatic rings. The molecule has 5 heteroatoms. The highest BCUT2D eigenvalue weighted by Crippen LogP contribution is 1.72. The molecule has 0 saturated carbocycles. The van der Waals surface area contributed by atoms with E-state index in [1.54, 1.807) is 0 Å². The van der Waals surface area contributed by atoms with Crippen molar-refractivity contribution in [1.29, 1.82) is 0 Å². The van der Waals surface area contributed by atoms with Crippen LogP contribution in [0.15, 0.2) is 0 Å². The predicted molar refractivity (Wildman–Crippen MR) is 34.5 cm³/mol. The van der Waals surface area contributed by atoms with E-state index in [4.69, 9.17) is 5.73 Å². The number of nitrogens with one attached hydrogen (secondary N) is 1. The second kappa shape index (κ2) is 6.03. The average molecular weight is 146 g/mol. The van der Waals surface area contributed by atoms with Crippen molar-refractivity contribution in [2.75, 3.05) is 19.7 Å². The van der Waals surface area contributed by atoms with Gasteiger partial charge in [0.25, 0.3) is 0 Å². The lowest BCUT2D eigenvalue weighted by molar-refractivity contribution is -0.110. The Labute approximate surface area is 58.5 Å². The molecule has 0 heterocycles. The number of carbonyl (C=O) groups excluding carboxylic acids is 2. The van der Waals surface area contributed by atoms with Gasteiger partial charge in [-0.15, -0.1) is 0 Å². The van der Waals surface area contributed by atoms with Crippen LogP contribution in [0.25, 0.3) is 0 Å². The quantitative estimate of drug-likeness (QED) is 0.492. The number of amides is 1. The highest BCUT2D eigenvalue weighted by molar-refractivity contribution is 5.69. The van der Waals surface area contributed by atoms with E-state index in [0.29, 0.717) is 19.4 Å². The summed E-state index contributed by atoms with van der Waals surface area (Å²) in [5, 5.41) is 2.32. The van der Waals surface area contributed by atoms with Gasteiger partial charge in [0.2, 0.25) is 0 Å². The molecule has 0 fully saturated rings. The largest absolute Gasteiger partial charge is 0.442 e. The van der Waals surface area contributed by atoms with Crippen molar-refractivity contribution in [3.8, 4) is 0 Å². The number of hydrogen-bond donors (Lipinski definition) is 2. The van der Waals surface area contributed by atoms with Crippen LogP contribution in [-0.4, -0.2) is 32.1 Å². The van der Waals surface area contributed by atoms with Crippen LogP contribution in [0.5, 0.6) is 0 Å². The first-order valence-corrected chi connectivity index (χ1v) is 2.85. The molecule has 0 aliphatic carbocycles. The number of carbonyl (C=O) groups is 2. The summed E-state index contributed by atoms with van der Waals surface area (Å²) in [6, 6.07) is 0. The van der Waals surface area contributed by atoms with Crippen molar-refractivity contribution in [3.05, 3.63) is 0 Å². The maximum atomic E-state index is 10.4. The molecular formula is C5H10N2O3. The Kier molecular flexibility index (Phi) is 5.36. The fourth-order valence-corrected chi connectivity index (χ4v) is 0.335. The number of nitrogens with two attached hydrogens (primary N) is 1. The van der Waals surface area contributed by atoms with Crippen LogP contribution < -0.4 is 11.1 Å². The lowest BCUT2D eigenvalue weighted by Gasteiger charge is -2.00. The SMILES string of the molecule is NCCNC(=O)OCC=O. The number of hydrogen-bond acceptors (Lipinski definition) is 4. The maximum Gasteiger partial charge on any atom is 0.407 e. The molecule has 58 valence electrons. The fraction of sp³-hybridized carbons (Fsp3) is 0.600. The van der Waals surface area contributed by atoms with Crippen molar-refractivity contribution >= 4 is 12.4 Å². The van der Waals surface area contributed by atoms with Crippen LogP contribution in [0.1, 0.15) is 0 Å². The van der Waals surface area contributed by atoms with Crippen molar-refractivity contribution in [2.24, 2.45) is 5.73 Å². The third kappa shape index (κ3) is 5.04. The Bertz CT molecular complexity index is 115. The van der Waals surface area contributed by atoms with E-state index >= 15 is 0 Å². The van der Waals surface area contributed by atoms with Gasteiger partial charge in [0, 0.05) is 13.1 Å². The summed E-state index contributed by atoms with van der Waals surface area (Å²) < 4.78 is 4.32. The normalized spacial score (nSPS) is 8.50. The summed E-state index contributed by atoms with van der Waals surface area (Å²) in [7, 11) is 0. The molecule has 0 atom stereocenters. The smallest absolute Gasteiger partial charge is 0.407 e. The van der Waals surface area contributed by atoms with Gasteiger partial charge in [-0.1, -0.05) is 0 Å². The van der Waals surface area contributed by atoms with Crippen molar-refractivity contribution in [3.63, 3.8) is 0 Å². The zero-order chi connectivity index (χ0) is 7.82. The third-order valence-electron chi connectivity index (χ3n) is 0.696. The minimum absolute atomic E-state index is 0.212. The van der Waals surface area contributed by atoms with Gasteiger partial charge < -0.3 is 15.8 Å². The summed E-state index contributed by atoms with van der Waals surface area (Å²) in [5.74, 6) is 0. The molecule has 5 nitrogen and oxygen atoms in total. The minimum atomic E-state index is -0.613. The summed E-state index contributed by atoms with van der Waals surface area (Å²) in [4.78, 5) is 20.1. The van der Waals surface area contributed by atoms with Crippen LogP contribution in [0.2, 0.25) is 0 Å². The van der Waals surface area contributed by atoms with E-state index in [-0.39, 0.29) is 6.61 Å². The molecule has 0 aromatic rings. The standard InChI is InChI=1S/C5H10N2O3/c6-1-2-7-5(9)10-4-3-8/h3H,1-2,4,6H2,(H,7,9). The second-order valence-corrected chi connectivity index (χ2v) is 1.48. The van der Waals surface area contributed by atoms with Crippen LogP contribution in [0, 0.1) is 0 Å². The predicted octanol–water partition coefficient (Wildman–Crippen LogP) is -1.13. The number of alkyl carbamates (subject to hydrolysis) is 1. The molecule has 10 heavy (non-hydrogen) atoms. The summed E-state index contributed by atoms with van der Waals surface area (Å²) in [6.07, 6.45) is -0.111. The van der Waals surface area contributed by atoms with Crippen molar-refractivity contribution in [2.45, 2.75) is 0 Å². The van der Waals surface area contributed by atoms with Gasteiger partial charge in [-0.05, 0) is 0 Å². The van der Waals surface area contributed by atoms with Crippen molar-refractivity contribution in [1.82, 2.24) is 5.32 Å². The Morgan fingerprint density at radius 2 is 2.40 bits per heavy atom. The Balaban J connectivity index is 3.16. The van der Waals surface area contributed by atoms with E-state index in [1.165, 1.54) is 0 Å². The van der Waals surface area contributed by atoms with Gasteiger partial charge in [-0.3, -0.25) is 4.79 Å². The van der Waals surface area contributed by atoms with Crippen LogP contribution in [0.3, 0.4) is 0 Å². The maximum absolute atomic E-state index is 10.4. The van der Waals surface area contributed by atoms with Gasteiger partial charge in [-0.25, -0.2) is 4.79 Å². The van der Waals surface area contributed by atoms with Gasteiger partial charge in [-0.2, -0.15) is 0 Å². The minimum Gasteiger partial charge on any atom is -0.442 e. The molecule has 1 amide bonds. The van der Waals surface area contributed by atoms with Crippen LogP contribution >= 0.6 is 0 Å². The first-order valence-electron chi connectivity index (χ1n) is 2.85. The number of ether oxygens (including phenoxy) is 1. The highest BCUT2D eigenvalue weighted by Gasteiger charge is 1.96. The van der Waals surface area contributed by atoms with Gasteiger partial charge in [0.1, 0.15) is 6.61 Å². The lowest BCUT2D eigenvalue weighted by Crippen LogP contribution is -2.29. The summed E-state index contributed by atoms with van der Waals surface area (Å²) in [6.45, 7) is 0.504. The first kappa shape index (κ1) is 8.90. The summed E-state index contributed by atoms with van der Waals surface area (Å²) >= 11 is 0. The monoisotopic (exact) mass is 146 g/mol. The molecule has 0 rings (SSSR count). The van der Waals surface area contributed by atoms with Crippen LogP contribution in [-0.2, 0) is 9.53 Å². The zero-order valence-electron chi connectivity index (χ0n) is 5.50. The van der Waals surface area contributed by atoms with Crippen LogP contribution in [0.4, 0.5) is 4.79 Å². The van der Waals surface area contributed by atoms with E-state index in [0.717, 1.165) is 0 Å². The van der Waals surface area contributed by atoms with E-state index in [2.05, 4.69) is 10.1 Å². The Hall–Kier alpha value is -1.10. The second-order valence-electron chi connectivity index (χ2n) is 1.48. The molecule has 0 radical (unpaired) electrons. The Morgan fingerprint density at radius 3 is 2.90 bits per heavy atom. The van der Waals surface area contributed by atoms with Gasteiger partial charge in [0.15, 0.2) is 6.29 Å². The number of aldehydes is 1. The first-order chi connectivity index (χ1) is 4.81. The molecule has 0 aromatic heterocycles. The van der Waals surface area contributed by atoms with E-state index < -0.39 is 6.09 Å². The molecule has 0 unspecified atom stereocenters. The molecular weight excluding hydrogens is 136 g/mol. The van der Waals surface area contributed by atoms with Gasteiger partial charge >= 0.3 is 6.09 Å². The lowest BCUT2D eigenvalue weighted by atomic mass is 10.6. The number of rotatable bonds is 4. The summed E-state index contributed by atoms with van der Waals surface area (Å²) in [5.41, 5.74) is 5.07. The van der Waals surface area contributed by atoms with E-state index in [9.17, 15) is 9.59 Å². The van der Waals surface area contributed by atoms with Crippen molar-refractivity contribution < 1.29 is 14.3 Å². The third-order valence-corrected chi connectivity index (χ3v) is 0.696. The molecule has 0 aliphatic heterocycles. The van der Waals surface area contributed by atoms with E-state index in [1.807, 2.05) is 0 Å². The highest BCUT2D eigenvalue weighted by atomic mass is 16.5. The topological polar surface area (TPSA) is 81.4 Å². The molecule has 0 aromatic carbocycles. The molecule has 0 bridgehead atoms. The Morgan fingerprint density at radius 1 is 1.70 bits per heavy atom. The zero-order valence-corrected chi connectivity index (χ0v) is 5.50. The molecule has 0 spiro atoms. The molecule has 0 saturated heterocycles. The van der Waals surface area contributed by atoms with Gasteiger partial charge in [0.05, 0.1) is 0 Å². The fourth-order valence-electron chi connectivity index (χ4n) is 0.335. The average Bonchev–Trinajstić information content (AvgIpc) is 1.97. The molecule has 3 N–H and O–H groups in total.